The van der Waals surface area contributed by atoms with Gasteiger partial charge in [-0.2, -0.15) is 0 Å². The van der Waals surface area contributed by atoms with Gasteiger partial charge in [-0.3, -0.25) is 9.59 Å². The monoisotopic (exact) mass is 322 g/mol. The molecule has 1 saturated heterocycles. The summed E-state index contributed by atoms with van der Waals surface area (Å²) in [5, 5.41) is 2.96. The quantitative estimate of drug-likeness (QED) is 0.668. The first-order chi connectivity index (χ1) is 10.5. The summed E-state index contributed by atoms with van der Waals surface area (Å²) < 4.78 is 0. The number of rotatable bonds is 6. The van der Waals surface area contributed by atoms with E-state index in [0.717, 1.165) is 29.6 Å². The van der Waals surface area contributed by atoms with Crippen LogP contribution in [-0.4, -0.2) is 37.2 Å². The number of carbonyl (C=O) groups excluding carboxylic acids is 2. The average molecular weight is 322 g/mol. The third-order valence-electron chi connectivity index (χ3n) is 3.92. The predicted molar refractivity (Wildman–Crippen MR) is 89.0 cm³/mol. The van der Waals surface area contributed by atoms with Crippen molar-refractivity contribution in [2.75, 3.05) is 30.7 Å². The van der Waals surface area contributed by atoms with Gasteiger partial charge in [0, 0.05) is 4.90 Å². The van der Waals surface area contributed by atoms with Gasteiger partial charge in [0.1, 0.15) is 0 Å². The number of thioether (sulfide) groups is 1. The second kappa shape index (κ2) is 8.19. The van der Waals surface area contributed by atoms with Crippen molar-refractivity contribution in [3.8, 4) is 0 Å². The molecule has 0 unspecified atom stereocenters. The summed E-state index contributed by atoms with van der Waals surface area (Å²) in [5.74, 6) is 0.648. The Labute approximate surface area is 135 Å². The van der Waals surface area contributed by atoms with Gasteiger partial charge in [-0.25, -0.2) is 0 Å². The van der Waals surface area contributed by atoms with Crippen molar-refractivity contribution in [3.63, 3.8) is 0 Å². The molecule has 1 aromatic carbocycles. The van der Waals surface area contributed by atoms with E-state index in [9.17, 15) is 9.59 Å². The maximum absolute atomic E-state index is 12.2. The molecule has 1 aromatic rings. The zero-order valence-electron chi connectivity index (χ0n) is 12.9. The minimum Gasteiger partial charge on any atom is -0.369 e. The van der Waals surface area contributed by atoms with Gasteiger partial charge < -0.3 is 16.0 Å². The van der Waals surface area contributed by atoms with Crippen LogP contribution in [0.15, 0.2) is 29.2 Å². The Kier molecular flexibility index (Phi) is 6.27. The highest BCUT2D eigenvalue weighted by molar-refractivity contribution is 8.00. The van der Waals surface area contributed by atoms with Crippen LogP contribution < -0.4 is 16.0 Å². The molecule has 0 spiro atoms. The highest BCUT2D eigenvalue weighted by Crippen LogP contribution is 2.26. The lowest BCUT2D eigenvalue weighted by Crippen LogP contribution is -3.14. The fourth-order valence-electron chi connectivity index (χ4n) is 2.61. The number of hydrogen-bond donors (Lipinski definition) is 3. The van der Waals surface area contributed by atoms with Gasteiger partial charge in [-0.05, 0) is 30.9 Å². The van der Waals surface area contributed by atoms with E-state index < -0.39 is 0 Å². The van der Waals surface area contributed by atoms with Crippen molar-refractivity contribution in [2.24, 2.45) is 11.7 Å². The number of amides is 2. The van der Waals surface area contributed by atoms with Gasteiger partial charge in [0.05, 0.1) is 24.5 Å². The average Bonchev–Trinajstić information content (AvgIpc) is 2.48. The zero-order valence-corrected chi connectivity index (χ0v) is 13.7. The highest BCUT2D eigenvalue weighted by Gasteiger charge is 2.21. The Hall–Kier alpha value is -1.53. The highest BCUT2D eigenvalue weighted by atomic mass is 32.2. The van der Waals surface area contributed by atoms with E-state index >= 15 is 0 Å². The summed E-state index contributed by atoms with van der Waals surface area (Å²) in [6.45, 7) is 4.89. The summed E-state index contributed by atoms with van der Waals surface area (Å²) in [7, 11) is 0. The summed E-state index contributed by atoms with van der Waals surface area (Å²) in [6, 6.07) is 7.50. The molecule has 1 fully saturated rings. The number of hydrogen-bond acceptors (Lipinski definition) is 3. The van der Waals surface area contributed by atoms with Crippen molar-refractivity contribution >= 4 is 29.3 Å². The molecule has 2 rings (SSSR count). The van der Waals surface area contributed by atoms with E-state index in [0.29, 0.717) is 6.54 Å². The van der Waals surface area contributed by atoms with Crippen LogP contribution in [0.25, 0.3) is 0 Å². The third-order valence-corrected chi connectivity index (χ3v) is 5.02. The Bertz CT molecular complexity index is 528. The molecule has 0 atom stereocenters. The maximum Gasteiger partial charge on any atom is 0.279 e. The molecule has 0 aliphatic carbocycles. The largest absolute Gasteiger partial charge is 0.369 e. The van der Waals surface area contributed by atoms with Crippen LogP contribution in [-0.2, 0) is 9.59 Å². The molecule has 120 valence electrons. The first-order valence-electron chi connectivity index (χ1n) is 7.68. The predicted octanol–water partition coefficient (Wildman–Crippen LogP) is 0.517. The van der Waals surface area contributed by atoms with Crippen molar-refractivity contribution in [1.82, 2.24) is 0 Å². The first-order valence-corrected chi connectivity index (χ1v) is 8.66. The fourth-order valence-corrected chi connectivity index (χ4v) is 3.36. The van der Waals surface area contributed by atoms with Crippen LogP contribution in [0, 0.1) is 5.92 Å². The van der Waals surface area contributed by atoms with Crippen LogP contribution in [0.5, 0.6) is 0 Å². The summed E-state index contributed by atoms with van der Waals surface area (Å²) in [4.78, 5) is 25.3. The molecule has 0 saturated carbocycles. The molecule has 0 bridgehead atoms. The molecule has 6 heteroatoms. The van der Waals surface area contributed by atoms with Gasteiger partial charge in [-0.1, -0.05) is 19.1 Å². The number of benzene rings is 1. The van der Waals surface area contributed by atoms with Crippen molar-refractivity contribution in [3.05, 3.63) is 24.3 Å². The van der Waals surface area contributed by atoms with E-state index in [-0.39, 0.29) is 17.6 Å². The van der Waals surface area contributed by atoms with Gasteiger partial charge in [0.15, 0.2) is 6.54 Å². The van der Waals surface area contributed by atoms with Crippen LogP contribution >= 0.6 is 11.8 Å². The lowest BCUT2D eigenvalue weighted by atomic mass is 9.99. The molecular formula is C16H24N3O2S+. The number of nitrogens with two attached hydrogens (primary N) is 1. The number of likely N-dealkylation sites (tertiary alicyclic amines) is 1. The number of anilines is 1. The molecule has 1 aliphatic rings. The minimum atomic E-state index is -0.363. The molecule has 5 nitrogen and oxygen atoms in total. The van der Waals surface area contributed by atoms with Gasteiger partial charge in [-0.15, -0.1) is 11.8 Å². The fraction of sp³-hybridized carbons (Fsp3) is 0.500. The van der Waals surface area contributed by atoms with E-state index in [4.69, 9.17) is 5.73 Å². The molecule has 0 radical (unpaired) electrons. The minimum absolute atomic E-state index is 0.0247. The normalized spacial score (nSPS) is 21.3. The number of quaternary nitrogens is 1. The number of primary amides is 1. The molecule has 0 aromatic heterocycles. The molecule has 1 aliphatic heterocycles. The third kappa shape index (κ3) is 5.35. The van der Waals surface area contributed by atoms with Crippen molar-refractivity contribution < 1.29 is 14.5 Å². The molecule has 4 N–H and O–H groups in total. The van der Waals surface area contributed by atoms with E-state index in [1.165, 1.54) is 29.5 Å². The number of nitrogens with one attached hydrogen (secondary N) is 2. The maximum atomic E-state index is 12.2. The lowest BCUT2D eigenvalue weighted by Gasteiger charge is -2.26. The van der Waals surface area contributed by atoms with Crippen LogP contribution in [0.4, 0.5) is 5.69 Å². The van der Waals surface area contributed by atoms with E-state index in [2.05, 4.69) is 12.2 Å². The van der Waals surface area contributed by atoms with Gasteiger partial charge in [0.2, 0.25) is 5.91 Å². The Morgan fingerprint density at radius 1 is 1.32 bits per heavy atom. The van der Waals surface area contributed by atoms with Gasteiger partial charge >= 0.3 is 0 Å². The SMILES string of the molecule is CC1CC[NH+](CC(=O)Nc2ccccc2SCC(N)=O)CC1. The van der Waals surface area contributed by atoms with Crippen molar-refractivity contribution in [1.29, 1.82) is 0 Å². The number of carbonyl (C=O) groups is 2. The van der Waals surface area contributed by atoms with Crippen LogP contribution in [0.3, 0.4) is 0 Å². The smallest absolute Gasteiger partial charge is 0.279 e. The Morgan fingerprint density at radius 2 is 2.00 bits per heavy atom. The zero-order chi connectivity index (χ0) is 15.9. The summed E-state index contributed by atoms with van der Waals surface area (Å²) in [6.07, 6.45) is 2.38. The second-order valence-electron chi connectivity index (χ2n) is 5.91. The lowest BCUT2D eigenvalue weighted by molar-refractivity contribution is -0.897. The second-order valence-corrected chi connectivity index (χ2v) is 6.93. The topological polar surface area (TPSA) is 76.6 Å². The first kappa shape index (κ1) is 16.8. The van der Waals surface area contributed by atoms with E-state index in [1.54, 1.807) is 0 Å². The van der Waals surface area contributed by atoms with Gasteiger partial charge in [0.25, 0.3) is 5.91 Å². The molecular weight excluding hydrogens is 298 g/mol. The number of para-hydroxylation sites is 1. The Balaban J connectivity index is 1.89. The molecule has 22 heavy (non-hydrogen) atoms. The van der Waals surface area contributed by atoms with Crippen LogP contribution in [0.1, 0.15) is 19.8 Å². The summed E-state index contributed by atoms with van der Waals surface area (Å²) in [5.41, 5.74) is 5.93. The summed E-state index contributed by atoms with van der Waals surface area (Å²) >= 11 is 1.35. The molecule has 2 amide bonds. The van der Waals surface area contributed by atoms with E-state index in [1.807, 2.05) is 24.3 Å². The Morgan fingerprint density at radius 3 is 2.68 bits per heavy atom. The van der Waals surface area contributed by atoms with Crippen molar-refractivity contribution in [2.45, 2.75) is 24.7 Å². The van der Waals surface area contributed by atoms with Crippen LogP contribution in [0.2, 0.25) is 0 Å². The standard InChI is InChI=1S/C16H23N3O2S/c1-12-6-8-19(9-7-12)10-16(21)18-13-4-2-3-5-14(13)22-11-15(17)20/h2-5,12H,6-11H2,1H3,(H2,17,20)(H,18,21)/p+1. The molecule has 1 heterocycles. The number of piperidine rings is 1.